The maximum Gasteiger partial charge on any atom is 0.431 e. The van der Waals surface area contributed by atoms with Crippen molar-refractivity contribution in [3.05, 3.63) is 0 Å². The minimum absolute atomic E-state index is 0.0620. The average Bonchev–Trinajstić information content (AvgIpc) is 2.65. The van der Waals surface area contributed by atoms with Crippen LogP contribution < -0.4 is 10.6 Å². The molecule has 0 aromatic rings. The Bertz CT molecular complexity index is 630. The van der Waals surface area contributed by atoms with Gasteiger partial charge in [0.05, 0.1) is 12.3 Å². The number of aliphatic carboxylic acids is 1. The van der Waals surface area contributed by atoms with Gasteiger partial charge in [-0.3, -0.25) is 14.5 Å². The number of carbonyl (C=O) groups excluding carboxylic acids is 1. The summed E-state index contributed by atoms with van der Waals surface area (Å²) in [5.74, 6) is -1.78. The summed E-state index contributed by atoms with van der Waals surface area (Å²) in [6, 6.07) is 0.0620. The highest BCUT2D eigenvalue weighted by molar-refractivity contribution is 7.99. The first-order chi connectivity index (χ1) is 15.3. The van der Waals surface area contributed by atoms with Crippen molar-refractivity contribution in [1.82, 2.24) is 15.5 Å². The van der Waals surface area contributed by atoms with Crippen LogP contribution in [0.4, 0.5) is 30.7 Å². The first-order valence-electron chi connectivity index (χ1n) is 10.7. The molecule has 1 amide bonds. The summed E-state index contributed by atoms with van der Waals surface area (Å²) in [6.07, 6.45) is -13.9. The number of carboxylic acids is 1. The third-order valence-corrected chi connectivity index (χ3v) is 6.13. The fourth-order valence-corrected chi connectivity index (χ4v) is 3.67. The van der Waals surface area contributed by atoms with Crippen LogP contribution in [0.25, 0.3) is 0 Å². The van der Waals surface area contributed by atoms with Crippen LogP contribution in [0.15, 0.2) is 0 Å². The first-order valence-corrected chi connectivity index (χ1v) is 11.9. The van der Waals surface area contributed by atoms with Crippen LogP contribution in [0.3, 0.4) is 0 Å². The van der Waals surface area contributed by atoms with E-state index in [1.54, 1.807) is 0 Å². The average molecular weight is 530 g/mol. The topological polar surface area (TPSA) is 81.7 Å². The van der Waals surface area contributed by atoms with Gasteiger partial charge >= 0.3 is 18.3 Å². The molecule has 0 atom stereocenters. The van der Waals surface area contributed by atoms with E-state index in [2.05, 4.69) is 10.6 Å². The number of alkyl halides is 7. The minimum atomic E-state index is -6.06. The highest BCUT2D eigenvalue weighted by atomic mass is 32.2. The van der Waals surface area contributed by atoms with Crippen LogP contribution in [0.1, 0.15) is 47.0 Å². The van der Waals surface area contributed by atoms with Crippen LogP contribution in [-0.2, 0) is 9.59 Å². The number of nitrogens with zero attached hydrogens (tertiary/aromatic N) is 1. The Morgan fingerprint density at radius 1 is 0.971 bits per heavy atom. The van der Waals surface area contributed by atoms with E-state index in [1.165, 1.54) is 0 Å². The molecule has 202 valence electrons. The molecule has 14 heteroatoms. The lowest BCUT2D eigenvalue weighted by atomic mass is 9.99. The quantitative estimate of drug-likeness (QED) is 0.207. The molecule has 0 aromatic carbocycles. The lowest BCUT2D eigenvalue weighted by Gasteiger charge is -2.31. The molecule has 0 aromatic heterocycles. The van der Waals surface area contributed by atoms with E-state index < -0.39 is 42.7 Å². The molecule has 0 aliphatic rings. The lowest BCUT2D eigenvalue weighted by molar-refractivity contribution is -0.343. The van der Waals surface area contributed by atoms with Gasteiger partial charge < -0.3 is 15.7 Å². The highest BCUT2D eigenvalue weighted by Crippen LogP contribution is 2.49. The normalized spacial score (nSPS) is 13.6. The van der Waals surface area contributed by atoms with Crippen molar-refractivity contribution >= 4 is 23.6 Å². The maximum atomic E-state index is 13.5. The molecule has 0 unspecified atom stereocenters. The molecule has 34 heavy (non-hydrogen) atoms. The number of carbonyl (C=O) groups is 2. The Balaban J connectivity index is 4.20. The van der Waals surface area contributed by atoms with Gasteiger partial charge in [-0.05, 0) is 46.3 Å². The van der Waals surface area contributed by atoms with Crippen LogP contribution in [-0.4, -0.2) is 89.2 Å². The molecule has 0 aliphatic carbocycles. The molecule has 0 aliphatic heterocycles. The van der Waals surface area contributed by atoms with Crippen molar-refractivity contribution in [1.29, 1.82) is 0 Å². The molecule has 0 saturated carbocycles. The summed E-state index contributed by atoms with van der Waals surface area (Å²) in [7, 11) is 0. The first kappa shape index (κ1) is 32.7. The third-order valence-electron chi connectivity index (χ3n) is 5.09. The monoisotopic (exact) mass is 529 g/mol. The van der Waals surface area contributed by atoms with Crippen molar-refractivity contribution in [2.24, 2.45) is 0 Å². The number of hydrogen-bond acceptors (Lipinski definition) is 5. The second-order valence-electron chi connectivity index (χ2n) is 8.82. The van der Waals surface area contributed by atoms with Crippen molar-refractivity contribution < 1.29 is 45.4 Å². The number of rotatable bonds is 16. The van der Waals surface area contributed by atoms with E-state index in [0.29, 0.717) is 19.5 Å². The predicted octanol–water partition coefficient (Wildman–Crippen LogP) is 4.00. The fourth-order valence-electron chi connectivity index (χ4n) is 2.89. The number of carboxylic acid groups (broad SMARTS) is 1. The van der Waals surface area contributed by atoms with Gasteiger partial charge in [-0.25, -0.2) is 4.39 Å². The number of halogens is 7. The molecule has 3 N–H and O–H groups in total. The van der Waals surface area contributed by atoms with E-state index >= 15 is 0 Å². The Kier molecular flexibility index (Phi) is 13.2. The van der Waals surface area contributed by atoms with Gasteiger partial charge in [0, 0.05) is 37.6 Å². The van der Waals surface area contributed by atoms with Crippen LogP contribution >= 0.6 is 11.8 Å². The van der Waals surface area contributed by atoms with Crippen molar-refractivity contribution in [2.45, 2.75) is 76.6 Å². The van der Waals surface area contributed by atoms with Crippen molar-refractivity contribution in [2.75, 3.05) is 37.7 Å². The molecular formula is C20H34F7N3O3S. The Hall–Kier alpha value is -1.28. The van der Waals surface area contributed by atoms with E-state index in [4.69, 9.17) is 5.11 Å². The minimum Gasteiger partial charge on any atom is -0.480 e. The largest absolute Gasteiger partial charge is 0.480 e. The van der Waals surface area contributed by atoms with Crippen LogP contribution in [0.5, 0.6) is 0 Å². The maximum absolute atomic E-state index is 13.5. The molecule has 0 fully saturated rings. The zero-order chi connectivity index (χ0) is 26.8. The van der Waals surface area contributed by atoms with Gasteiger partial charge in [0.15, 0.2) is 0 Å². The lowest BCUT2D eigenvalue weighted by Crippen LogP contribution is -2.53. The molecule has 0 spiro atoms. The van der Waals surface area contributed by atoms with Gasteiger partial charge in [0.1, 0.15) is 0 Å². The summed E-state index contributed by atoms with van der Waals surface area (Å²) in [4.78, 5) is 24.5. The Morgan fingerprint density at radius 3 is 2.00 bits per heavy atom. The summed E-state index contributed by atoms with van der Waals surface area (Å²) in [5.41, 5.74) is -5.61. The summed E-state index contributed by atoms with van der Waals surface area (Å²) < 4.78 is 88.3. The molecule has 0 bridgehead atoms. The fraction of sp³-hybridized carbons (Fsp3) is 0.900. The smallest absolute Gasteiger partial charge is 0.431 e. The van der Waals surface area contributed by atoms with Gasteiger partial charge in [-0.1, -0.05) is 0 Å². The number of nitrogens with one attached hydrogen (secondary N) is 2. The molecular weight excluding hydrogens is 495 g/mol. The SMILES string of the molecule is CC(C)N(CCC(C)(C)NCCNC(=O)CSCCCC(F)(C(F)(F)F)C(F)(F)F)CC(=O)O. The molecule has 0 radical (unpaired) electrons. The zero-order valence-corrected chi connectivity index (χ0v) is 20.5. The second-order valence-corrected chi connectivity index (χ2v) is 9.93. The summed E-state index contributed by atoms with van der Waals surface area (Å²) in [6.45, 7) is 8.77. The molecule has 0 heterocycles. The van der Waals surface area contributed by atoms with E-state index in [-0.39, 0.29) is 36.2 Å². The molecule has 0 saturated heterocycles. The van der Waals surface area contributed by atoms with E-state index in [1.807, 2.05) is 32.6 Å². The standard InChI is InChI=1S/C20H34F7N3O3S/c1-14(2)30(12-16(32)33)10-7-17(3,4)29-9-8-28-15(31)13-34-11-5-6-18(21,19(22,23)24)20(25,26)27/h14,29H,5-13H2,1-4H3,(H,28,31)(H,32,33). The Labute approximate surface area is 199 Å². The van der Waals surface area contributed by atoms with E-state index in [0.717, 1.165) is 11.8 Å². The number of hydrogen-bond donors (Lipinski definition) is 3. The van der Waals surface area contributed by atoms with Crippen molar-refractivity contribution in [3.63, 3.8) is 0 Å². The Morgan fingerprint density at radius 2 is 1.53 bits per heavy atom. The van der Waals surface area contributed by atoms with Gasteiger partial charge in [0.25, 0.3) is 5.67 Å². The van der Waals surface area contributed by atoms with Crippen molar-refractivity contribution in [3.8, 4) is 0 Å². The molecule has 0 rings (SSSR count). The van der Waals surface area contributed by atoms with Gasteiger partial charge in [-0.15, -0.1) is 0 Å². The predicted molar refractivity (Wildman–Crippen MR) is 117 cm³/mol. The van der Waals surface area contributed by atoms with E-state index in [9.17, 15) is 40.3 Å². The number of amides is 1. The summed E-state index contributed by atoms with van der Waals surface area (Å²) in [5, 5.41) is 14.8. The van der Waals surface area contributed by atoms with Crippen LogP contribution in [0.2, 0.25) is 0 Å². The van der Waals surface area contributed by atoms with Crippen LogP contribution in [0, 0.1) is 0 Å². The van der Waals surface area contributed by atoms with Gasteiger partial charge in [-0.2, -0.15) is 38.1 Å². The summed E-state index contributed by atoms with van der Waals surface area (Å²) >= 11 is 0.818. The molecule has 6 nitrogen and oxygen atoms in total. The second kappa shape index (κ2) is 13.7. The zero-order valence-electron chi connectivity index (χ0n) is 19.7. The highest BCUT2D eigenvalue weighted by Gasteiger charge is 2.71. The van der Waals surface area contributed by atoms with Gasteiger partial charge in [0.2, 0.25) is 5.91 Å². The third kappa shape index (κ3) is 11.9. The number of thioether (sulfide) groups is 1.